The van der Waals surface area contributed by atoms with Gasteiger partial charge in [0, 0.05) is 28.8 Å². The van der Waals surface area contributed by atoms with Gasteiger partial charge in [-0.05, 0) is 24.3 Å². The fourth-order valence-corrected chi connectivity index (χ4v) is 2.02. The predicted molar refractivity (Wildman–Crippen MR) is 67.2 cm³/mol. The number of hydrogen-bond donors (Lipinski definition) is 1. The molecule has 2 rings (SSSR count). The van der Waals surface area contributed by atoms with Crippen molar-refractivity contribution in [2.24, 2.45) is 10.7 Å². The molecule has 2 N–H and O–H groups in total. The van der Waals surface area contributed by atoms with E-state index in [0.717, 1.165) is 12.1 Å². The topological polar surface area (TPSA) is 38.4 Å². The van der Waals surface area contributed by atoms with Gasteiger partial charge in [0.25, 0.3) is 0 Å². The highest BCUT2D eigenvalue weighted by atomic mass is 32.1. The molecule has 1 aliphatic rings. The van der Waals surface area contributed by atoms with E-state index in [4.69, 9.17) is 18.0 Å². The molecule has 1 aromatic rings. The van der Waals surface area contributed by atoms with Crippen LogP contribution in [-0.2, 0) is 6.54 Å². The summed E-state index contributed by atoms with van der Waals surface area (Å²) < 4.78 is 27.3. The van der Waals surface area contributed by atoms with Gasteiger partial charge in [-0.1, -0.05) is 12.2 Å². The van der Waals surface area contributed by atoms with Gasteiger partial charge in [0.1, 0.15) is 17.7 Å². The third-order valence-corrected chi connectivity index (χ3v) is 2.93. The number of benzene rings is 1. The molecule has 1 aromatic carbocycles. The standard InChI is InChI=1S/C12H10F2N2S/c13-8-3-4-9(14)11(7(8)6-15)12-10(17)2-1-5-16-12/h1-5,12H,6,15H2. The molecule has 0 aliphatic carbocycles. The van der Waals surface area contributed by atoms with Crippen LogP contribution in [0.2, 0.25) is 0 Å². The summed E-state index contributed by atoms with van der Waals surface area (Å²) in [6.45, 7) is -0.0860. The smallest absolute Gasteiger partial charge is 0.129 e. The van der Waals surface area contributed by atoms with Crippen molar-refractivity contribution < 1.29 is 8.78 Å². The van der Waals surface area contributed by atoms with E-state index in [9.17, 15) is 8.78 Å². The first kappa shape index (κ1) is 12.0. The minimum atomic E-state index is -0.663. The molecular weight excluding hydrogens is 242 g/mol. The SMILES string of the molecule is NCc1c(F)ccc(F)c1C1N=CC=CC1=S. The van der Waals surface area contributed by atoms with Gasteiger partial charge in [0.05, 0.1) is 0 Å². The van der Waals surface area contributed by atoms with Crippen LogP contribution in [0.5, 0.6) is 0 Å². The quantitative estimate of drug-likeness (QED) is 0.821. The van der Waals surface area contributed by atoms with Crippen molar-refractivity contribution in [1.29, 1.82) is 0 Å². The molecule has 0 radical (unpaired) electrons. The van der Waals surface area contributed by atoms with Crippen LogP contribution in [0, 0.1) is 11.6 Å². The maximum absolute atomic E-state index is 13.8. The fourth-order valence-electron chi connectivity index (χ4n) is 1.77. The van der Waals surface area contributed by atoms with Crippen LogP contribution >= 0.6 is 12.2 Å². The molecule has 1 atom stereocenters. The molecule has 0 spiro atoms. The second-order valence-electron chi connectivity index (χ2n) is 3.59. The molecule has 2 nitrogen and oxygen atoms in total. The number of hydrogen-bond acceptors (Lipinski definition) is 3. The van der Waals surface area contributed by atoms with Gasteiger partial charge < -0.3 is 5.73 Å². The highest BCUT2D eigenvalue weighted by molar-refractivity contribution is 7.80. The van der Waals surface area contributed by atoms with E-state index >= 15 is 0 Å². The van der Waals surface area contributed by atoms with Crippen molar-refractivity contribution in [3.63, 3.8) is 0 Å². The van der Waals surface area contributed by atoms with Crippen molar-refractivity contribution in [2.45, 2.75) is 12.6 Å². The molecule has 0 bridgehead atoms. The fraction of sp³-hybridized carbons (Fsp3) is 0.167. The Balaban J connectivity index is 2.58. The number of nitrogens with two attached hydrogens (primary N) is 1. The van der Waals surface area contributed by atoms with Crippen LogP contribution in [-0.4, -0.2) is 11.1 Å². The Morgan fingerprint density at radius 3 is 2.65 bits per heavy atom. The second kappa shape index (κ2) is 4.81. The number of allylic oxidation sites excluding steroid dienone is 1. The zero-order valence-corrected chi connectivity index (χ0v) is 9.68. The van der Waals surface area contributed by atoms with Crippen LogP contribution in [0.25, 0.3) is 0 Å². The number of aliphatic imine (C=N–C) groups is 1. The summed E-state index contributed by atoms with van der Waals surface area (Å²) in [5, 5.41) is 0. The minimum absolute atomic E-state index is 0.0860. The number of nitrogens with zero attached hydrogens (tertiary/aromatic N) is 1. The second-order valence-corrected chi connectivity index (χ2v) is 4.06. The molecule has 17 heavy (non-hydrogen) atoms. The normalized spacial score (nSPS) is 18.8. The average molecular weight is 252 g/mol. The molecule has 0 fully saturated rings. The van der Waals surface area contributed by atoms with E-state index in [2.05, 4.69) is 4.99 Å². The van der Waals surface area contributed by atoms with Gasteiger partial charge in [-0.3, -0.25) is 4.99 Å². The zero-order valence-electron chi connectivity index (χ0n) is 8.86. The van der Waals surface area contributed by atoms with Crippen LogP contribution in [0.15, 0.2) is 29.3 Å². The van der Waals surface area contributed by atoms with Crippen molar-refractivity contribution in [3.05, 3.63) is 47.0 Å². The lowest BCUT2D eigenvalue weighted by Gasteiger charge is -2.18. The number of rotatable bonds is 2. The van der Waals surface area contributed by atoms with E-state index < -0.39 is 17.7 Å². The molecule has 0 saturated carbocycles. The van der Waals surface area contributed by atoms with E-state index in [-0.39, 0.29) is 17.7 Å². The average Bonchev–Trinajstić information content (AvgIpc) is 2.33. The zero-order chi connectivity index (χ0) is 12.4. The number of halogens is 2. The Hall–Kier alpha value is -1.46. The molecule has 1 aliphatic heterocycles. The van der Waals surface area contributed by atoms with E-state index in [1.807, 2.05) is 0 Å². The van der Waals surface area contributed by atoms with Crippen LogP contribution < -0.4 is 5.73 Å². The lowest BCUT2D eigenvalue weighted by atomic mass is 9.96. The summed E-state index contributed by atoms with van der Waals surface area (Å²) in [7, 11) is 0. The lowest BCUT2D eigenvalue weighted by Crippen LogP contribution is -2.16. The van der Waals surface area contributed by atoms with Gasteiger partial charge in [0.15, 0.2) is 0 Å². The summed E-state index contributed by atoms with van der Waals surface area (Å²) in [6, 6.07) is 1.47. The van der Waals surface area contributed by atoms with Crippen LogP contribution in [0.1, 0.15) is 17.2 Å². The lowest BCUT2D eigenvalue weighted by molar-refractivity contribution is 0.567. The van der Waals surface area contributed by atoms with Crippen molar-refractivity contribution >= 4 is 23.3 Å². The van der Waals surface area contributed by atoms with Crippen LogP contribution in [0.3, 0.4) is 0 Å². The maximum Gasteiger partial charge on any atom is 0.129 e. The van der Waals surface area contributed by atoms with Gasteiger partial charge in [0.2, 0.25) is 0 Å². The van der Waals surface area contributed by atoms with Gasteiger partial charge in [-0.25, -0.2) is 8.78 Å². The number of dihydropyridines is 1. The molecule has 0 aromatic heterocycles. The largest absolute Gasteiger partial charge is 0.326 e. The molecule has 0 saturated heterocycles. The third kappa shape index (κ3) is 2.16. The highest BCUT2D eigenvalue weighted by Gasteiger charge is 2.24. The Morgan fingerprint density at radius 2 is 2.00 bits per heavy atom. The molecule has 5 heteroatoms. The van der Waals surface area contributed by atoms with E-state index in [1.165, 1.54) is 6.21 Å². The Labute approximate surface area is 103 Å². The molecule has 0 amide bonds. The molecule has 1 unspecified atom stereocenters. The number of thiocarbonyl (C=S) groups is 1. The van der Waals surface area contributed by atoms with Crippen molar-refractivity contribution in [2.75, 3.05) is 0 Å². The first-order valence-electron chi connectivity index (χ1n) is 5.05. The van der Waals surface area contributed by atoms with Gasteiger partial charge >= 0.3 is 0 Å². The maximum atomic E-state index is 13.8. The summed E-state index contributed by atoms with van der Waals surface area (Å²) in [5.41, 5.74) is 5.72. The molecule has 1 heterocycles. The van der Waals surface area contributed by atoms with Gasteiger partial charge in [-0.15, -0.1) is 0 Å². The van der Waals surface area contributed by atoms with Crippen molar-refractivity contribution in [3.8, 4) is 0 Å². The van der Waals surface area contributed by atoms with E-state index in [0.29, 0.717) is 4.86 Å². The highest BCUT2D eigenvalue weighted by Crippen LogP contribution is 2.29. The van der Waals surface area contributed by atoms with Crippen LogP contribution in [0.4, 0.5) is 8.78 Å². The Kier molecular flexibility index (Phi) is 3.40. The monoisotopic (exact) mass is 252 g/mol. The first-order valence-corrected chi connectivity index (χ1v) is 5.46. The molecule has 88 valence electrons. The summed E-state index contributed by atoms with van der Waals surface area (Å²) >= 11 is 5.09. The molecular formula is C12H10F2N2S. The summed E-state index contributed by atoms with van der Waals surface area (Å²) in [6.07, 6.45) is 4.83. The Morgan fingerprint density at radius 1 is 1.29 bits per heavy atom. The van der Waals surface area contributed by atoms with E-state index in [1.54, 1.807) is 12.2 Å². The Bertz CT molecular complexity index is 523. The third-order valence-electron chi connectivity index (χ3n) is 2.58. The summed E-state index contributed by atoms with van der Waals surface area (Å²) in [4.78, 5) is 4.53. The first-order chi connectivity index (χ1) is 8.15. The van der Waals surface area contributed by atoms with Crippen molar-refractivity contribution in [1.82, 2.24) is 0 Å². The summed E-state index contributed by atoms with van der Waals surface area (Å²) in [5.74, 6) is -1.07. The predicted octanol–water partition coefficient (Wildman–Crippen LogP) is 2.48. The minimum Gasteiger partial charge on any atom is -0.326 e. The van der Waals surface area contributed by atoms with Gasteiger partial charge in [-0.2, -0.15) is 0 Å².